The number of nitrogens with zero attached hydrogens (tertiary/aromatic N) is 2. The Morgan fingerprint density at radius 1 is 0.900 bits per heavy atom. The fourth-order valence-electron chi connectivity index (χ4n) is 1.50. The highest BCUT2D eigenvalue weighted by molar-refractivity contribution is 6.47. The van der Waals surface area contributed by atoms with Gasteiger partial charge in [-0.3, -0.25) is 0 Å². The van der Waals surface area contributed by atoms with Crippen LogP contribution in [0.25, 0.3) is 0 Å². The maximum Gasteiger partial charge on any atom is 0.311 e. The number of rotatable bonds is 0. The van der Waals surface area contributed by atoms with Crippen LogP contribution in [0.5, 0.6) is 0 Å². The van der Waals surface area contributed by atoms with Crippen molar-refractivity contribution in [2.24, 2.45) is 0 Å². The quantitative estimate of drug-likeness (QED) is 0.382. The fourth-order valence-corrected chi connectivity index (χ4v) is 1.50. The normalized spacial score (nSPS) is 38.4. The molecule has 0 aromatic heterocycles. The standard InChI is InChI=1S/C5H10B3N2/c1-2-9-4-7-5-10(8-9)3-6-1/h1-5H2. The lowest BCUT2D eigenvalue weighted by Crippen LogP contribution is -2.50. The monoisotopic (exact) mass is 131 g/mol. The van der Waals surface area contributed by atoms with Gasteiger partial charge in [-0.2, -0.15) is 0 Å². The highest BCUT2D eigenvalue weighted by Crippen LogP contribution is 2.02. The first-order valence-corrected chi connectivity index (χ1v) is 3.91. The molecule has 2 aliphatic rings. The van der Waals surface area contributed by atoms with Crippen LogP contribution in [-0.4, -0.2) is 57.6 Å². The molecular formula is C5H10B3N2. The van der Waals surface area contributed by atoms with Crippen molar-refractivity contribution in [1.82, 2.24) is 9.62 Å². The molecule has 0 aliphatic carbocycles. The maximum absolute atomic E-state index is 2.37. The van der Waals surface area contributed by atoms with Gasteiger partial charge in [0.1, 0.15) is 14.6 Å². The molecule has 0 aromatic carbocycles. The van der Waals surface area contributed by atoms with Crippen LogP contribution >= 0.6 is 0 Å². The molecule has 5 heteroatoms. The first-order chi connectivity index (χ1) is 4.95. The van der Waals surface area contributed by atoms with Gasteiger partial charge in [0.05, 0.1) is 0 Å². The molecule has 2 saturated heterocycles. The summed E-state index contributed by atoms with van der Waals surface area (Å²) < 4.78 is 0. The van der Waals surface area contributed by atoms with E-state index in [1.54, 1.807) is 0 Å². The van der Waals surface area contributed by atoms with Crippen molar-refractivity contribution in [3.63, 3.8) is 0 Å². The minimum absolute atomic E-state index is 1.13. The highest BCUT2D eigenvalue weighted by Gasteiger charge is 2.22. The van der Waals surface area contributed by atoms with Crippen LogP contribution < -0.4 is 0 Å². The summed E-state index contributed by atoms with van der Waals surface area (Å²) in [5, 5.41) is 0. The van der Waals surface area contributed by atoms with Crippen molar-refractivity contribution in [2.75, 3.05) is 25.9 Å². The Hall–Kier alpha value is 0.115. The Morgan fingerprint density at radius 3 is 2.70 bits per heavy atom. The summed E-state index contributed by atoms with van der Waals surface area (Å²) in [6.07, 6.45) is 4.64. The average molecular weight is 131 g/mol. The zero-order valence-electron chi connectivity index (χ0n) is 6.16. The molecule has 0 amide bonds. The van der Waals surface area contributed by atoms with E-state index in [2.05, 4.69) is 31.7 Å². The molecule has 2 nitrogen and oxygen atoms in total. The topological polar surface area (TPSA) is 6.48 Å². The Balaban J connectivity index is 1.96. The van der Waals surface area contributed by atoms with Crippen LogP contribution in [0.2, 0.25) is 6.32 Å². The zero-order chi connectivity index (χ0) is 6.81. The van der Waals surface area contributed by atoms with Crippen LogP contribution in [-0.2, 0) is 0 Å². The van der Waals surface area contributed by atoms with Gasteiger partial charge in [0.25, 0.3) is 0 Å². The molecule has 2 bridgehead atoms. The van der Waals surface area contributed by atoms with E-state index in [-0.39, 0.29) is 0 Å². The van der Waals surface area contributed by atoms with Crippen LogP contribution in [0.4, 0.5) is 0 Å². The third kappa shape index (κ3) is 1.40. The summed E-state index contributed by atoms with van der Waals surface area (Å²) in [4.78, 5) is 4.71. The smallest absolute Gasteiger partial charge is 0.311 e. The van der Waals surface area contributed by atoms with Crippen LogP contribution in [0.15, 0.2) is 0 Å². The van der Waals surface area contributed by atoms with Crippen LogP contribution in [0, 0.1) is 0 Å². The second kappa shape index (κ2) is 3.01. The molecule has 2 rings (SSSR count). The third-order valence-electron chi connectivity index (χ3n) is 2.04. The van der Waals surface area contributed by atoms with Crippen LogP contribution in [0.1, 0.15) is 0 Å². The van der Waals surface area contributed by atoms with E-state index in [4.69, 9.17) is 0 Å². The van der Waals surface area contributed by atoms with E-state index >= 15 is 0 Å². The molecule has 2 fully saturated rings. The summed E-state index contributed by atoms with van der Waals surface area (Å²) in [5.74, 6) is 0. The largest absolute Gasteiger partial charge is 0.346 e. The first-order valence-electron chi connectivity index (χ1n) is 3.91. The Labute approximate surface area is 64.7 Å². The summed E-state index contributed by atoms with van der Waals surface area (Å²) in [6.45, 7) is 1.20. The van der Waals surface area contributed by atoms with E-state index in [0.717, 1.165) is 19.3 Å². The highest BCUT2D eigenvalue weighted by atomic mass is 15.2. The molecule has 3 radical (unpaired) electrons. The second-order valence-electron chi connectivity index (χ2n) is 2.93. The number of hydrogen-bond donors (Lipinski definition) is 0. The molecule has 10 heavy (non-hydrogen) atoms. The van der Waals surface area contributed by atoms with E-state index in [1.807, 2.05) is 0 Å². The molecule has 2 unspecified atom stereocenters. The third-order valence-corrected chi connectivity index (χ3v) is 2.04. The molecule has 2 aliphatic heterocycles. The molecule has 2 heterocycles. The fraction of sp³-hybridized carbons (Fsp3) is 1.00. The molecule has 0 N–H and O–H groups in total. The van der Waals surface area contributed by atoms with E-state index < -0.39 is 0 Å². The summed E-state index contributed by atoms with van der Waals surface area (Å²) in [5.41, 5.74) is 0. The van der Waals surface area contributed by atoms with Crippen molar-refractivity contribution in [3.05, 3.63) is 0 Å². The number of fused-ring (bicyclic) bond motifs is 2. The van der Waals surface area contributed by atoms with Crippen molar-refractivity contribution < 1.29 is 0 Å². The Morgan fingerprint density at radius 2 is 1.70 bits per heavy atom. The molecule has 0 spiro atoms. The summed E-state index contributed by atoms with van der Waals surface area (Å²) >= 11 is 0. The molecule has 0 aromatic rings. The van der Waals surface area contributed by atoms with Gasteiger partial charge >= 0.3 is 7.55 Å². The van der Waals surface area contributed by atoms with Crippen molar-refractivity contribution in [3.8, 4) is 0 Å². The van der Waals surface area contributed by atoms with Gasteiger partial charge in [0.15, 0.2) is 0 Å². The van der Waals surface area contributed by atoms with Gasteiger partial charge < -0.3 is 9.62 Å². The van der Waals surface area contributed by atoms with Gasteiger partial charge in [0, 0.05) is 0 Å². The predicted molar refractivity (Wildman–Crippen MR) is 45.2 cm³/mol. The van der Waals surface area contributed by atoms with E-state index in [0.29, 0.717) is 0 Å². The molecule has 0 saturated carbocycles. The Kier molecular flexibility index (Phi) is 2.05. The SMILES string of the molecule is [B]1CCN2[B]N(C1)C[B]C2. The average Bonchev–Trinajstić information content (AvgIpc) is 2.12. The molecular weight excluding hydrogens is 121 g/mol. The van der Waals surface area contributed by atoms with E-state index in [1.165, 1.54) is 12.9 Å². The van der Waals surface area contributed by atoms with Gasteiger partial charge in [-0.1, -0.05) is 6.32 Å². The maximum atomic E-state index is 2.37. The molecule has 49 valence electrons. The van der Waals surface area contributed by atoms with Crippen LogP contribution in [0.3, 0.4) is 0 Å². The van der Waals surface area contributed by atoms with Gasteiger partial charge in [-0.25, -0.2) is 0 Å². The van der Waals surface area contributed by atoms with Gasteiger partial charge in [-0.15, -0.1) is 0 Å². The lowest BCUT2D eigenvalue weighted by atomic mass is 9.69. The number of hydrogen-bond acceptors (Lipinski definition) is 2. The minimum Gasteiger partial charge on any atom is -0.346 e. The Bertz CT molecular complexity index is 109. The van der Waals surface area contributed by atoms with Gasteiger partial charge in [-0.05, 0) is 25.9 Å². The summed E-state index contributed by atoms with van der Waals surface area (Å²) in [6, 6.07) is 0. The summed E-state index contributed by atoms with van der Waals surface area (Å²) in [7, 11) is 6.94. The van der Waals surface area contributed by atoms with E-state index in [9.17, 15) is 0 Å². The van der Waals surface area contributed by atoms with Crippen molar-refractivity contribution >= 4 is 22.1 Å². The van der Waals surface area contributed by atoms with Crippen molar-refractivity contribution in [1.29, 1.82) is 0 Å². The zero-order valence-corrected chi connectivity index (χ0v) is 6.16. The lowest BCUT2D eigenvalue weighted by molar-refractivity contribution is 0.450. The second-order valence-corrected chi connectivity index (χ2v) is 2.93. The predicted octanol–water partition coefficient (Wildman–Crippen LogP) is -1.15. The van der Waals surface area contributed by atoms with Gasteiger partial charge in [0.2, 0.25) is 0 Å². The molecule has 2 atom stereocenters. The minimum atomic E-state index is 1.13. The first kappa shape index (κ1) is 6.80. The van der Waals surface area contributed by atoms with Crippen molar-refractivity contribution in [2.45, 2.75) is 6.32 Å². The lowest BCUT2D eigenvalue weighted by Gasteiger charge is -2.30.